The summed E-state index contributed by atoms with van der Waals surface area (Å²) in [5.74, 6) is 0.421. The lowest BCUT2D eigenvalue weighted by Crippen LogP contribution is -2.46. The first-order chi connectivity index (χ1) is 9.97. The maximum atomic E-state index is 12.0. The van der Waals surface area contributed by atoms with Gasteiger partial charge in [-0.2, -0.15) is 0 Å². The topological polar surface area (TPSA) is 83.4 Å². The van der Waals surface area contributed by atoms with Crippen LogP contribution in [-0.2, 0) is 9.59 Å². The minimum absolute atomic E-state index is 0.138. The molecule has 0 radical (unpaired) electrons. The van der Waals surface area contributed by atoms with Crippen molar-refractivity contribution >= 4 is 11.8 Å². The van der Waals surface area contributed by atoms with Crippen molar-refractivity contribution in [2.75, 3.05) is 0 Å². The third-order valence-electron chi connectivity index (χ3n) is 3.27. The first kappa shape index (κ1) is 15.2. The molecular formula is C15H21N3O3. The predicted octanol–water partition coefficient (Wildman–Crippen LogP) is 1.64. The second-order valence-corrected chi connectivity index (χ2v) is 5.67. The van der Waals surface area contributed by atoms with Gasteiger partial charge in [0.2, 0.25) is 5.91 Å². The average Bonchev–Trinajstić information content (AvgIpc) is 2.94. The van der Waals surface area contributed by atoms with Gasteiger partial charge in [0.1, 0.15) is 11.5 Å². The fourth-order valence-electron chi connectivity index (χ4n) is 2.25. The van der Waals surface area contributed by atoms with E-state index in [-0.39, 0.29) is 23.4 Å². The normalized spacial score (nSPS) is 19.5. The zero-order chi connectivity index (χ0) is 15.4. The Labute approximate surface area is 124 Å². The summed E-state index contributed by atoms with van der Waals surface area (Å²) in [7, 11) is 0. The van der Waals surface area contributed by atoms with E-state index < -0.39 is 6.17 Å². The molecule has 21 heavy (non-hydrogen) atoms. The SMILES string of the molecule is CC(C)C[C@H](C)C(=O)NC1=CNC(c2ccco2)NC1=O. The van der Waals surface area contributed by atoms with E-state index in [0.717, 1.165) is 6.42 Å². The number of furan rings is 1. The van der Waals surface area contributed by atoms with E-state index >= 15 is 0 Å². The number of carbonyl (C=O) groups excluding carboxylic acids is 2. The molecule has 0 spiro atoms. The summed E-state index contributed by atoms with van der Waals surface area (Å²) in [6.07, 6.45) is 3.41. The molecule has 0 aromatic carbocycles. The maximum absolute atomic E-state index is 12.0. The average molecular weight is 291 g/mol. The van der Waals surface area contributed by atoms with E-state index in [1.54, 1.807) is 12.1 Å². The number of nitrogens with one attached hydrogen (secondary N) is 3. The zero-order valence-electron chi connectivity index (χ0n) is 12.5. The summed E-state index contributed by atoms with van der Waals surface area (Å²) in [5.41, 5.74) is 0.221. The van der Waals surface area contributed by atoms with Gasteiger partial charge in [-0.1, -0.05) is 20.8 Å². The number of carbonyl (C=O) groups is 2. The monoisotopic (exact) mass is 291 g/mol. The Hall–Kier alpha value is -2.24. The van der Waals surface area contributed by atoms with Crippen molar-refractivity contribution in [2.24, 2.45) is 11.8 Å². The molecule has 2 heterocycles. The van der Waals surface area contributed by atoms with Gasteiger partial charge in [0.25, 0.3) is 5.91 Å². The third-order valence-corrected chi connectivity index (χ3v) is 3.27. The Morgan fingerprint density at radius 1 is 1.43 bits per heavy atom. The molecular weight excluding hydrogens is 270 g/mol. The molecule has 6 heteroatoms. The molecule has 0 saturated carbocycles. The van der Waals surface area contributed by atoms with Crippen LogP contribution in [0.15, 0.2) is 34.7 Å². The van der Waals surface area contributed by atoms with Crippen LogP contribution in [0.5, 0.6) is 0 Å². The van der Waals surface area contributed by atoms with E-state index in [1.165, 1.54) is 12.5 Å². The summed E-state index contributed by atoms with van der Waals surface area (Å²) in [5, 5.41) is 8.37. The molecule has 1 aliphatic heterocycles. The van der Waals surface area contributed by atoms with E-state index in [1.807, 2.05) is 6.92 Å². The Morgan fingerprint density at radius 3 is 2.76 bits per heavy atom. The second kappa shape index (κ2) is 6.47. The second-order valence-electron chi connectivity index (χ2n) is 5.67. The molecule has 1 aromatic rings. The molecule has 1 unspecified atom stereocenters. The van der Waals surface area contributed by atoms with Crippen molar-refractivity contribution in [2.45, 2.75) is 33.4 Å². The number of hydrogen-bond acceptors (Lipinski definition) is 4. The number of amides is 2. The van der Waals surface area contributed by atoms with Gasteiger partial charge in [-0.15, -0.1) is 0 Å². The van der Waals surface area contributed by atoms with Crippen molar-refractivity contribution < 1.29 is 14.0 Å². The lowest BCUT2D eigenvalue weighted by Gasteiger charge is -2.24. The lowest BCUT2D eigenvalue weighted by atomic mass is 9.98. The molecule has 6 nitrogen and oxygen atoms in total. The smallest absolute Gasteiger partial charge is 0.271 e. The van der Waals surface area contributed by atoms with Crippen LogP contribution >= 0.6 is 0 Å². The molecule has 1 aliphatic rings. The van der Waals surface area contributed by atoms with Crippen LogP contribution in [0, 0.1) is 11.8 Å². The number of rotatable bonds is 5. The van der Waals surface area contributed by atoms with E-state index in [2.05, 4.69) is 29.8 Å². The standard InChI is InChI=1S/C15H21N3O3/c1-9(2)7-10(3)14(19)17-11-8-16-13(18-15(11)20)12-5-4-6-21-12/h4-6,8-10,13,16H,7H2,1-3H3,(H,17,19)(H,18,20)/t10-,13?/m0/s1. The van der Waals surface area contributed by atoms with Crippen molar-refractivity contribution in [1.29, 1.82) is 0 Å². The number of hydrogen-bond donors (Lipinski definition) is 3. The van der Waals surface area contributed by atoms with Gasteiger partial charge in [0, 0.05) is 12.1 Å². The summed E-state index contributed by atoms with van der Waals surface area (Å²) >= 11 is 0. The van der Waals surface area contributed by atoms with Crippen LogP contribution in [0.4, 0.5) is 0 Å². The van der Waals surface area contributed by atoms with Gasteiger partial charge in [0.15, 0.2) is 6.17 Å². The van der Waals surface area contributed by atoms with Crippen molar-refractivity contribution in [1.82, 2.24) is 16.0 Å². The van der Waals surface area contributed by atoms with Crippen LogP contribution in [0.3, 0.4) is 0 Å². The molecule has 1 aromatic heterocycles. The van der Waals surface area contributed by atoms with Gasteiger partial charge in [-0.25, -0.2) is 0 Å². The highest BCUT2D eigenvalue weighted by atomic mass is 16.3. The highest BCUT2D eigenvalue weighted by Crippen LogP contribution is 2.15. The van der Waals surface area contributed by atoms with E-state index in [9.17, 15) is 9.59 Å². The van der Waals surface area contributed by atoms with Crippen molar-refractivity contribution in [3.05, 3.63) is 36.1 Å². The summed E-state index contributed by atoms with van der Waals surface area (Å²) in [6, 6.07) is 3.51. The minimum Gasteiger partial charge on any atom is -0.465 e. The highest BCUT2D eigenvalue weighted by Gasteiger charge is 2.25. The van der Waals surface area contributed by atoms with Gasteiger partial charge in [0.05, 0.1) is 6.26 Å². The summed E-state index contributed by atoms with van der Waals surface area (Å²) in [6.45, 7) is 5.98. The molecule has 0 aliphatic carbocycles. The van der Waals surface area contributed by atoms with E-state index in [4.69, 9.17) is 4.42 Å². The zero-order valence-corrected chi connectivity index (χ0v) is 12.5. The van der Waals surface area contributed by atoms with Crippen LogP contribution in [0.2, 0.25) is 0 Å². The van der Waals surface area contributed by atoms with Gasteiger partial charge in [-0.3, -0.25) is 9.59 Å². The molecule has 3 N–H and O–H groups in total. The molecule has 0 bridgehead atoms. The van der Waals surface area contributed by atoms with E-state index in [0.29, 0.717) is 11.7 Å². The molecule has 114 valence electrons. The fraction of sp³-hybridized carbons (Fsp3) is 0.467. The highest BCUT2D eigenvalue weighted by molar-refractivity contribution is 5.98. The third kappa shape index (κ3) is 3.87. The Kier molecular flexibility index (Phi) is 4.67. The van der Waals surface area contributed by atoms with Crippen LogP contribution in [0.25, 0.3) is 0 Å². The van der Waals surface area contributed by atoms with Crippen LogP contribution in [-0.4, -0.2) is 11.8 Å². The predicted molar refractivity (Wildman–Crippen MR) is 77.6 cm³/mol. The van der Waals surface area contributed by atoms with Gasteiger partial charge >= 0.3 is 0 Å². The van der Waals surface area contributed by atoms with Crippen molar-refractivity contribution in [3.63, 3.8) is 0 Å². The van der Waals surface area contributed by atoms with Gasteiger partial charge < -0.3 is 20.4 Å². The largest absolute Gasteiger partial charge is 0.465 e. The lowest BCUT2D eigenvalue weighted by molar-refractivity contribution is -0.127. The minimum atomic E-state index is -0.416. The quantitative estimate of drug-likeness (QED) is 0.770. The summed E-state index contributed by atoms with van der Waals surface area (Å²) < 4.78 is 5.23. The van der Waals surface area contributed by atoms with Crippen LogP contribution < -0.4 is 16.0 Å². The molecule has 2 amide bonds. The molecule has 0 saturated heterocycles. The first-order valence-corrected chi connectivity index (χ1v) is 7.08. The summed E-state index contributed by atoms with van der Waals surface area (Å²) in [4.78, 5) is 24.0. The Morgan fingerprint density at radius 2 is 2.19 bits per heavy atom. The Balaban J connectivity index is 1.95. The maximum Gasteiger partial charge on any atom is 0.271 e. The fourth-order valence-corrected chi connectivity index (χ4v) is 2.25. The van der Waals surface area contributed by atoms with Gasteiger partial charge in [-0.05, 0) is 24.5 Å². The van der Waals surface area contributed by atoms with Crippen molar-refractivity contribution in [3.8, 4) is 0 Å². The Bertz CT molecular complexity index is 534. The first-order valence-electron chi connectivity index (χ1n) is 7.08. The molecule has 2 rings (SSSR count). The molecule has 2 atom stereocenters. The van der Waals surface area contributed by atoms with Crippen LogP contribution in [0.1, 0.15) is 39.1 Å². The molecule has 0 fully saturated rings.